The van der Waals surface area contributed by atoms with Gasteiger partial charge in [0.15, 0.2) is 5.82 Å². The smallest absolute Gasteiger partial charge is 0.469 e. The number of sulfonamides is 1. The predicted molar refractivity (Wildman–Crippen MR) is 78.4 cm³/mol. The van der Waals surface area contributed by atoms with Crippen LogP contribution >= 0.6 is 0 Å². The third kappa shape index (κ3) is 3.47. The summed E-state index contributed by atoms with van der Waals surface area (Å²) in [5.74, 6) is -1.18. The van der Waals surface area contributed by atoms with Crippen LogP contribution in [0, 0.1) is 5.82 Å². The summed E-state index contributed by atoms with van der Waals surface area (Å²) in [6.07, 6.45) is 1.81. The number of halogens is 4. The Morgan fingerprint density at radius 2 is 1.96 bits per heavy atom. The number of rotatable bonds is 3. The Kier molecular flexibility index (Phi) is 4.45. The van der Waals surface area contributed by atoms with Crippen molar-refractivity contribution in [3.8, 4) is 5.88 Å². The zero-order valence-corrected chi connectivity index (χ0v) is 13.5. The lowest BCUT2D eigenvalue weighted by atomic mass is 10.3. The molecule has 1 aliphatic rings. The lowest BCUT2D eigenvalue weighted by molar-refractivity contribution is -0.0497. The molecule has 2 aromatic heterocycles. The highest BCUT2D eigenvalue weighted by molar-refractivity contribution is 7.89. The SMILES string of the molecule is O=S(=O)(N1Cc2cccn2CC(Oc2ncccc2F)C1)C(F)(F)F. The lowest BCUT2D eigenvalue weighted by Crippen LogP contribution is -2.44. The fraction of sp³-hybridized carbons (Fsp3) is 0.357. The van der Waals surface area contributed by atoms with E-state index in [2.05, 4.69) is 4.98 Å². The van der Waals surface area contributed by atoms with Gasteiger partial charge in [0, 0.05) is 18.1 Å². The highest BCUT2D eigenvalue weighted by Crippen LogP contribution is 2.30. The Bertz CT molecular complexity index is 866. The largest absolute Gasteiger partial charge is 0.511 e. The van der Waals surface area contributed by atoms with E-state index >= 15 is 0 Å². The van der Waals surface area contributed by atoms with Crippen LogP contribution in [0.4, 0.5) is 17.6 Å². The molecule has 1 unspecified atom stereocenters. The molecule has 0 fully saturated rings. The van der Waals surface area contributed by atoms with Crippen LogP contribution in [0.25, 0.3) is 0 Å². The fourth-order valence-corrected chi connectivity index (χ4v) is 3.50. The molecule has 0 aromatic carbocycles. The van der Waals surface area contributed by atoms with Crippen LogP contribution in [-0.2, 0) is 23.1 Å². The van der Waals surface area contributed by atoms with Crippen molar-refractivity contribution < 1.29 is 30.7 Å². The lowest BCUT2D eigenvalue weighted by Gasteiger charge is -2.24. The molecule has 136 valence electrons. The molecule has 1 aliphatic heterocycles. The Hall–Kier alpha value is -2.14. The topological polar surface area (TPSA) is 64.4 Å². The molecular formula is C14H13F4N3O3S. The van der Waals surface area contributed by atoms with Crippen LogP contribution < -0.4 is 4.74 Å². The summed E-state index contributed by atoms with van der Waals surface area (Å²) in [5.41, 5.74) is -5.06. The molecule has 6 nitrogen and oxygen atoms in total. The second-order valence-electron chi connectivity index (χ2n) is 5.43. The van der Waals surface area contributed by atoms with Crippen LogP contribution in [-0.4, -0.2) is 40.4 Å². The molecule has 3 rings (SSSR count). The number of alkyl halides is 3. The molecule has 0 amide bonds. The van der Waals surface area contributed by atoms with Crippen LogP contribution in [0.5, 0.6) is 5.88 Å². The summed E-state index contributed by atoms with van der Waals surface area (Å²) < 4.78 is 83.3. The Labute approximate surface area is 140 Å². The van der Waals surface area contributed by atoms with Gasteiger partial charge in [0.1, 0.15) is 6.10 Å². The second kappa shape index (κ2) is 6.30. The summed E-state index contributed by atoms with van der Waals surface area (Å²) in [5, 5.41) is 0. The van der Waals surface area contributed by atoms with Crippen molar-refractivity contribution in [3.05, 3.63) is 48.2 Å². The standard InChI is InChI=1S/C14H13F4N3O3S/c15-12-4-1-5-19-13(12)24-11-8-20-6-2-3-10(20)7-21(9-11)25(22,23)14(16,17)18/h1-6,11H,7-9H2. The van der Waals surface area contributed by atoms with Gasteiger partial charge in [-0.15, -0.1) is 0 Å². The van der Waals surface area contributed by atoms with Gasteiger partial charge in [-0.1, -0.05) is 0 Å². The van der Waals surface area contributed by atoms with Gasteiger partial charge in [-0.2, -0.15) is 17.5 Å². The van der Waals surface area contributed by atoms with E-state index in [0.717, 1.165) is 6.07 Å². The number of fused-ring (bicyclic) bond motifs is 1. The van der Waals surface area contributed by atoms with Crippen molar-refractivity contribution in [1.29, 1.82) is 0 Å². The number of ether oxygens (including phenoxy) is 1. The molecule has 0 bridgehead atoms. The first-order chi connectivity index (χ1) is 11.7. The highest BCUT2D eigenvalue weighted by Gasteiger charge is 2.51. The summed E-state index contributed by atoms with van der Waals surface area (Å²) >= 11 is 0. The molecule has 1 atom stereocenters. The van der Waals surface area contributed by atoms with Crippen molar-refractivity contribution in [2.75, 3.05) is 6.54 Å². The molecular weight excluding hydrogens is 366 g/mol. The van der Waals surface area contributed by atoms with E-state index in [-0.39, 0.29) is 10.8 Å². The summed E-state index contributed by atoms with van der Waals surface area (Å²) in [7, 11) is -5.55. The fourth-order valence-electron chi connectivity index (χ4n) is 2.54. The minimum Gasteiger partial charge on any atom is -0.469 e. The van der Waals surface area contributed by atoms with Gasteiger partial charge in [0.25, 0.3) is 5.88 Å². The predicted octanol–water partition coefficient (Wildman–Crippen LogP) is 2.13. The summed E-state index contributed by atoms with van der Waals surface area (Å²) in [6, 6.07) is 5.52. The number of nitrogens with zero attached hydrogens (tertiary/aromatic N) is 3. The normalized spacial score (nSPS) is 19.3. The average Bonchev–Trinajstić information content (AvgIpc) is 2.87. The van der Waals surface area contributed by atoms with Crippen LogP contribution in [0.3, 0.4) is 0 Å². The van der Waals surface area contributed by atoms with Gasteiger partial charge >= 0.3 is 15.5 Å². The average molecular weight is 379 g/mol. The Morgan fingerprint density at radius 1 is 1.20 bits per heavy atom. The molecule has 0 saturated heterocycles. The van der Waals surface area contributed by atoms with Crippen molar-refractivity contribution in [1.82, 2.24) is 13.9 Å². The molecule has 2 aromatic rings. The number of pyridine rings is 1. The molecule has 3 heterocycles. The van der Waals surface area contributed by atoms with E-state index in [1.54, 1.807) is 16.8 Å². The first kappa shape index (κ1) is 17.7. The van der Waals surface area contributed by atoms with Crippen LogP contribution in [0.15, 0.2) is 36.7 Å². The molecule has 0 saturated carbocycles. The molecule has 0 aliphatic carbocycles. The third-order valence-electron chi connectivity index (χ3n) is 3.70. The maximum absolute atomic E-state index is 13.7. The first-order valence-corrected chi connectivity index (χ1v) is 8.60. The van der Waals surface area contributed by atoms with E-state index < -0.39 is 46.4 Å². The zero-order valence-electron chi connectivity index (χ0n) is 12.6. The van der Waals surface area contributed by atoms with Gasteiger partial charge in [-0.05, 0) is 24.3 Å². The molecule has 0 N–H and O–H groups in total. The van der Waals surface area contributed by atoms with Gasteiger partial charge in [0.2, 0.25) is 0 Å². The molecule has 0 radical (unpaired) electrons. The second-order valence-corrected chi connectivity index (χ2v) is 7.35. The minimum atomic E-state index is -5.55. The highest BCUT2D eigenvalue weighted by atomic mass is 32.2. The van der Waals surface area contributed by atoms with E-state index in [0.29, 0.717) is 5.69 Å². The molecule has 0 spiro atoms. The van der Waals surface area contributed by atoms with Crippen molar-refractivity contribution >= 4 is 10.0 Å². The zero-order chi connectivity index (χ0) is 18.2. The van der Waals surface area contributed by atoms with Gasteiger partial charge in [-0.3, -0.25) is 0 Å². The quantitative estimate of drug-likeness (QED) is 0.767. The van der Waals surface area contributed by atoms with E-state index in [9.17, 15) is 26.0 Å². The molecule has 11 heteroatoms. The van der Waals surface area contributed by atoms with Crippen LogP contribution in [0.1, 0.15) is 5.69 Å². The van der Waals surface area contributed by atoms with Crippen molar-refractivity contribution in [2.24, 2.45) is 0 Å². The maximum atomic E-state index is 13.7. The van der Waals surface area contributed by atoms with Crippen molar-refractivity contribution in [3.63, 3.8) is 0 Å². The monoisotopic (exact) mass is 379 g/mol. The summed E-state index contributed by atoms with van der Waals surface area (Å²) in [4.78, 5) is 3.69. The summed E-state index contributed by atoms with van der Waals surface area (Å²) in [6.45, 7) is -0.985. The molecule has 25 heavy (non-hydrogen) atoms. The van der Waals surface area contributed by atoms with E-state index in [4.69, 9.17) is 4.74 Å². The van der Waals surface area contributed by atoms with Gasteiger partial charge < -0.3 is 9.30 Å². The van der Waals surface area contributed by atoms with E-state index in [1.165, 1.54) is 18.3 Å². The third-order valence-corrected chi connectivity index (χ3v) is 5.25. The van der Waals surface area contributed by atoms with Crippen LogP contribution in [0.2, 0.25) is 0 Å². The first-order valence-electron chi connectivity index (χ1n) is 7.16. The number of hydrogen-bond donors (Lipinski definition) is 0. The van der Waals surface area contributed by atoms with Gasteiger partial charge in [-0.25, -0.2) is 17.8 Å². The minimum absolute atomic E-state index is 0.0578. The maximum Gasteiger partial charge on any atom is 0.511 e. The Balaban J connectivity index is 1.93. The number of hydrogen-bond acceptors (Lipinski definition) is 4. The van der Waals surface area contributed by atoms with Gasteiger partial charge in [0.05, 0.1) is 19.6 Å². The number of aromatic nitrogens is 2. The van der Waals surface area contributed by atoms with Crippen molar-refractivity contribution in [2.45, 2.75) is 24.7 Å². The van der Waals surface area contributed by atoms with E-state index in [1.807, 2.05) is 0 Å². The Morgan fingerprint density at radius 3 is 2.64 bits per heavy atom.